The lowest BCUT2D eigenvalue weighted by atomic mass is 10.1. The van der Waals surface area contributed by atoms with Crippen molar-refractivity contribution in [1.82, 2.24) is 10.6 Å². The van der Waals surface area contributed by atoms with Crippen LogP contribution in [-0.4, -0.2) is 54.1 Å². The van der Waals surface area contributed by atoms with Gasteiger partial charge in [0.15, 0.2) is 17.5 Å². The highest BCUT2D eigenvalue weighted by atomic mass is 16.5. The first-order chi connectivity index (χ1) is 15.1. The average Bonchev–Trinajstić information content (AvgIpc) is 2.79. The molecule has 0 fully saturated rings. The summed E-state index contributed by atoms with van der Waals surface area (Å²) in [7, 11) is 6.75. The van der Waals surface area contributed by atoms with Gasteiger partial charge in [-0.3, -0.25) is 4.99 Å². The maximum absolute atomic E-state index is 5.96. The Kier molecular flexibility index (Phi) is 10.5. The zero-order valence-electron chi connectivity index (χ0n) is 19.3. The van der Waals surface area contributed by atoms with Crippen molar-refractivity contribution in [3.8, 4) is 17.2 Å². The molecular formula is C24H35N3O4. The van der Waals surface area contributed by atoms with Crippen molar-refractivity contribution < 1.29 is 18.9 Å². The molecule has 0 aromatic heterocycles. The highest BCUT2D eigenvalue weighted by Gasteiger charge is 2.07. The minimum absolute atomic E-state index is 0.621. The highest BCUT2D eigenvalue weighted by molar-refractivity contribution is 5.79. The fourth-order valence-corrected chi connectivity index (χ4v) is 3.09. The molecule has 170 valence electrons. The van der Waals surface area contributed by atoms with Crippen LogP contribution in [0.2, 0.25) is 0 Å². The van der Waals surface area contributed by atoms with Gasteiger partial charge in [0.05, 0.1) is 20.8 Å². The van der Waals surface area contributed by atoms with Crippen LogP contribution in [0.15, 0.2) is 41.4 Å². The predicted molar refractivity (Wildman–Crippen MR) is 125 cm³/mol. The molecule has 0 aliphatic heterocycles. The second-order valence-electron chi connectivity index (χ2n) is 7.10. The number of aryl methyl sites for hydroxylation is 1. The molecule has 0 aliphatic carbocycles. The van der Waals surface area contributed by atoms with E-state index in [9.17, 15) is 0 Å². The van der Waals surface area contributed by atoms with E-state index in [1.165, 1.54) is 5.56 Å². The Morgan fingerprint density at radius 2 is 1.71 bits per heavy atom. The molecule has 2 aromatic rings. The average molecular weight is 430 g/mol. The van der Waals surface area contributed by atoms with Gasteiger partial charge in [0, 0.05) is 45.8 Å². The molecule has 2 N–H and O–H groups in total. The van der Waals surface area contributed by atoms with Gasteiger partial charge in [0.2, 0.25) is 0 Å². The summed E-state index contributed by atoms with van der Waals surface area (Å²) in [6.07, 6.45) is 1.69. The SMILES string of the molecule is CN=C(NCCc1ccc(OC)c(OC)c1)NCc1ccc(C)cc1OCCCOC. The predicted octanol–water partition coefficient (Wildman–Crippen LogP) is 3.34. The number of methoxy groups -OCH3 is 3. The topological polar surface area (TPSA) is 73.3 Å². The second kappa shape index (κ2) is 13.4. The van der Waals surface area contributed by atoms with E-state index < -0.39 is 0 Å². The van der Waals surface area contributed by atoms with E-state index in [0.29, 0.717) is 19.8 Å². The Hall–Kier alpha value is -2.93. The number of hydrogen-bond acceptors (Lipinski definition) is 5. The van der Waals surface area contributed by atoms with Crippen molar-refractivity contribution in [2.75, 3.05) is 48.1 Å². The van der Waals surface area contributed by atoms with E-state index in [4.69, 9.17) is 18.9 Å². The van der Waals surface area contributed by atoms with E-state index in [1.807, 2.05) is 18.2 Å². The summed E-state index contributed by atoms with van der Waals surface area (Å²) in [5.74, 6) is 3.10. The molecule has 0 atom stereocenters. The van der Waals surface area contributed by atoms with Crippen LogP contribution in [0, 0.1) is 6.92 Å². The minimum atomic E-state index is 0.621. The fourth-order valence-electron chi connectivity index (χ4n) is 3.09. The maximum Gasteiger partial charge on any atom is 0.191 e. The zero-order chi connectivity index (χ0) is 22.5. The number of guanidine groups is 1. The molecule has 31 heavy (non-hydrogen) atoms. The minimum Gasteiger partial charge on any atom is -0.493 e. The van der Waals surface area contributed by atoms with Crippen LogP contribution in [0.25, 0.3) is 0 Å². The lowest BCUT2D eigenvalue weighted by Crippen LogP contribution is -2.37. The van der Waals surface area contributed by atoms with Gasteiger partial charge in [-0.15, -0.1) is 0 Å². The summed E-state index contributed by atoms with van der Waals surface area (Å²) in [4.78, 5) is 4.32. The third-order valence-electron chi connectivity index (χ3n) is 4.80. The summed E-state index contributed by atoms with van der Waals surface area (Å²) in [5, 5.41) is 6.72. The van der Waals surface area contributed by atoms with Gasteiger partial charge >= 0.3 is 0 Å². The Bertz CT molecular complexity index is 840. The number of ether oxygens (including phenoxy) is 4. The maximum atomic E-state index is 5.96. The van der Waals surface area contributed by atoms with Crippen LogP contribution in [0.1, 0.15) is 23.1 Å². The molecule has 0 amide bonds. The monoisotopic (exact) mass is 429 g/mol. The molecule has 0 saturated heterocycles. The van der Waals surface area contributed by atoms with Crippen LogP contribution < -0.4 is 24.8 Å². The highest BCUT2D eigenvalue weighted by Crippen LogP contribution is 2.27. The summed E-state index contributed by atoms with van der Waals surface area (Å²) in [6.45, 7) is 4.74. The molecule has 0 unspecified atom stereocenters. The molecule has 0 radical (unpaired) electrons. The van der Waals surface area contributed by atoms with Crippen molar-refractivity contribution in [3.63, 3.8) is 0 Å². The van der Waals surface area contributed by atoms with Crippen LogP contribution >= 0.6 is 0 Å². The normalized spacial score (nSPS) is 11.2. The van der Waals surface area contributed by atoms with Gasteiger partial charge in [-0.1, -0.05) is 18.2 Å². The summed E-state index contributed by atoms with van der Waals surface area (Å²) in [6, 6.07) is 12.2. The molecule has 0 saturated carbocycles. The first-order valence-electron chi connectivity index (χ1n) is 10.5. The molecule has 2 rings (SSSR count). The molecule has 7 heteroatoms. The Morgan fingerprint density at radius 1 is 0.903 bits per heavy atom. The Balaban J connectivity index is 1.87. The number of nitrogens with one attached hydrogen (secondary N) is 2. The third kappa shape index (κ3) is 8.02. The molecule has 0 spiro atoms. The first kappa shape index (κ1) is 24.3. The number of nitrogens with zero attached hydrogens (tertiary/aromatic N) is 1. The molecule has 0 bridgehead atoms. The molecule has 2 aromatic carbocycles. The van der Waals surface area contributed by atoms with Crippen LogP contribution in [-0.2, 0) is 17.7 Å². The summed E-state index contributed by atoms with van der Waals surface area (Å²) >= 11 is 0. The van der Waals surface area contributed by atoms with Crippen LogP contribution in [0.5, 0.6) is 17.2 Å². The van der Waals surface area contributed by atoms with Gasteiger partial charge in [-0.05, 0) is 42.7 Å². The smallest absolute Gasteiger partial charge is 0.191 e. The van der Waals surface area contributed by atoms with Crippen molar-refractivity contribution in [2.24, 2.45) is 4.99 Å². The largest absolute Gasteiger partial charge is 0.493 e. The van der Waals surface area contributed by atoms with Crippen molar-refractivity contribution >= 4 is 5.96 Å². The van der Waals surface area contributed by atoms with Crippen LogP contribution in [0.3, 0.4) is 0 Å². The first-order valence-corrected chi connectivity index (χ1v) is 10.5. The van der Waals surface area contributed by atoms with E-state index in [1.54, 1.807) is 28.4 Å². The van der Waals surface area contributed by atoms with Gasteiger partial charge in [0.25, 0.3) is 0 Å². The summed E-state index contributed by atoms with van der Waals surface area (Å²) in [5.41, 5.74) is 3.42. The van der Waals surface area contributed by atoms with E-state index in [0.717, 1.165) is 53.7 Å². The lowest BCUT2D eigenvalue weighted by molar-refractivity contribution is 0.171. The molecular weight excluding hydrogens is 394 g/mol. The molecule has 0 aliphatic rings. The second-order valence-corrected chi connectivity index (χ2v) is 7.10. The number of aliphatic imine (C=N–C) groups is 1. The molecule has 7 nitrogen and oxygen atoms in total. The quantitative estimate of drug-likeness (QED) is 0.306. The molecule has 0 heterocycles. The summed E-state index contributed by atoms with van der Waals surface area (Å²) < 4.78 is 21.7. The lowest BCUT2D eigenvalue weighted by Gasteiger charge is -2.16. The van der Waals surface area contributed by atoms with E-state index in [-0.39, 0.29) is 0 Å². The Morgan fingerprint density at radius 3 is 2.42 bits per heavy atom. The fraction of sp³-hybridized carbons (Fsp3) is 0.458. The van der Waals surface area contributed by atoms with E-state index >= 15 is 0 Å². The Labute approximate surface area is 185 Å². The number of rotatable bonds is 12. The number of hydrogen-bond donors (Lipinski definition) is 2. The van der Waals surface area contributed by atoms with Gasteiger partial charge < -0.3 is 29.6 Å². The zero-order valence-corrected chi connectivity index (χ0v) is 19.3. The standard InChI is InChI=1S/C24H35N3O4/c1-18-7-9-20(22(15-18)31-14-6-13-28-3)17-27-24(25-2)26-12-11-19-8-10-21(29-4)23(16-19)30-5/h7-10,15-16H,6,11-14,17H2,1-5H3,(H2,25,26,27). The third-order valence-corrected chi connectivity index (χ3v) is 4.80. The van der Waals surface area contributed by atoms with Crippen LogP contribution in [0.4, 0.5) is 0 Å². The van der Waals surface area contributed by atoms with Crippen molar-refractivity contribution in [3.05, 3.63) is 53.1 Å². The van der Waals surface area contributed by atoms with Crippen molar-refractivity contribution in [2.45, 2.75) is 26.3 Å². The number of benzene rings is 2. The van der Waals surface area contributed by atoms with Crippen molar-refractivity contribution in [1.29, 1.82) is 0 Å². The van der Waals surface area contributed by atoms with E-state index in [2.05, 4.69) is 40.7 Å². The van der Waals surface area contributed by atoms with Gasteiger partial charge in [-0.25, -0.2) is 0 Å². The van der Waals surface area contributed by atoms with Gasteiger partial charge in [0.1, 0.15) is 5.75 Å². The van der Waals surface area contributed by atoms with Gasteiger partial charge in [-0.2, -0.15) is 0 Å².